The lowest BCUT2D eigenvalue weighted by Crippen LogP contribution is -2.26. The molecule has 2 aromatic heterocycles. The third-order valence-electron chi connectivity index (χ3n) is 4.62. The van der Waals surface area contributed by atoms with Gasteiger partial charge in [-0.05, 0) is 49.5 Å². The zero-order chi connectivity index (χ0) is 19.4. The molecule has 1 atom stereocenters. The highest BCUT2D eigenvalue weighted by Gasteiger charge is 2.43. The van der Waals surface area contributed by atoms with E-state index in [1.807, 2.05) is 6.92 Å². The molecule has 1 N–H and O–H groups in total. The van der Waals surface area contributed by atoms with Crippen LogP contribution in [-0.2, 0) is 18.0 Å². The van der Waals surface area contributed by atoms with Crippen molar-refractivity contribution in [1.29, 1.82) is 0 Å². The number of carbonyl (C=O) groups is 1. The van der Waals surface area contributed by atoms with Crippen LogP contribution in [0.3, 0.4) is 0 Å². The van der Waals surface area contributed by atoms with Gasteiger partial charge >= 0.3 is 6.18 Å². The van der Waals surface area contributed by atoms with E-state index in [0.29, 0.717) is 17.1 Å². The van der Waals surface area contributed by atoms with Gasteiger partial charge in [0.2, 0.25) is 5.91 Å². The molecule has 1 aliphatic rings. The summed E-state index contributed by atoms with van der Waals surface area (Å²) in [5.74, 6) is -0.445. The molecular weight excluding hydrogens is 415 g/mol. The predicted octanol–water partition coefficient (Wildman–Crippen LogP) is 4.09. The average molecular weight is 434 g/mol. The van der Waals surface area contributed by atoms with Crippen molar-refractivity contribution in [1.82, 2.24) is 19.6 Å². The molecule has 10 heteroatoms. The summed E-state index contributed by atoms with van der Waals surface area (Å²) in [6.07, 6.45) is -3.01. The maximum atomic E-state index is 13.2. The van der Waals surface area contributed by atoms with Crippen LogP contribution >= 0.6 is 15.9 Å². The second kappa shape index (κ2) is 6.40. The van der Waals surface area contributed by atoms with Crippen LogP contribution in [0.15, 0.2) is 4.47 Å². The van der Waals surface area contributed by atoms with E-state index < -0.39 is 23.8 Å². The molecule has 6 nitrogen and oxygen atoms in total. The molecule has 1 unspecified atom stereocenters. The molecule has 142 valence electrons. The van der Waals surface area contributed by atoms with Gasteiger partial charge in [0.05, 0.1) is 27.2 Å². The SMILES string of the molecule is Cc1nn(C)c(C)c1NC(=O)C(C)n1nc(C(F)(F)F)c(Br)c1C1CC1. The van der Waals surface area contributed by atoms with Gasteiger partial charge in [0, 0.05) is 13.0 Å². The van der Waals surface area contributed by atoms with Gasteiger partial charge in [-0.2, -0.15) is 23.4 Å². The minimum absolute atomic E-state index is 0.00918. The highest BCUT2D eigenvalue weighted by molar-refractivity contribution is 9.10. The van der Waals surface area contributed by atoms with Gasteiger partial charge in [-0.25, -0.2) is 0 Å². The second-order valence-electron chi connectivity index (χ2n) is 6.60. The van der Waals surface area contributed by atoms with E-state index in [0.717, 1.165) is 18.5 Å². The minimum Gasteiger partial charge on any atom is -0.321 e. The van der Waals surface area contributed by atoms with E-state index in [4.69, 9.17) is 0 Å². The standard InChI is InChI=1S/C16H19BrF3N5O/c1-7-12(8(2)24(4)22-7)21-15(26)9(3)25-13(10-5-6-10)11(17)14(23-25)16(18,19)20/h9-10H,5-6H2,1-4H3,(H,21,26). The number of aromatic nitrogens is 4. The molecule has 1 amide bonds. The van der Waals surface area contributed by atoms with Crippen LogP contribution < -0.4 is 5.32 Å². The summed E-state index contributed by atoms with van der Waals surface area (Å²) in [6, 6.07) is -0.892. The molecule has 1 fully saturated rings. The molecule has 0 aromatic carbocycles. The maximum Gasteiger partial charge on any atom is 0.436 e. The zero-order valence-electron chi connectivity index (χ0n) is 14.8. The number of nitrogens with zero attached hydrogens (tertiary/aromatic N) is 4. The smallest absolute Gasteiger partial charge is 0.321 e. The quantitative estimate of drug-likeness (QED) is 0.789. The van der Waals surface area contributed by atoms with Gasteiger partial charge in [-0.15, -0.1) is 0 Å². The summed E-state index contributed by atoms with van der Waals surface area (Å²) < 4.78 is 42.4. The first kappa shape index (κ1) is 18.9. The third kappa shape index (κ3) is 3.26. The van der Waals surface area contributed by atoms with Gasteiger partial charge in [-0.1, -0.05) is 0 Å². The highest BCUT2D eigenvalue weighted by Crippen LogP contribution is 2.47. The highest BCUT2D eigenvalue weighted by atomic mass is 79.9. The lowest BCUT2D eigenvalue weighted by atomic mass is 10.2. The Hall–Kier alpha value is -1.84. The minimum atomic E-state index is -4.58. The Bertz CT molecular complexity index is 866. The molecule has 1 aliphatic carbocycles. The Morgan fingerprint density at radius 3 is 2.38 bits per heavy atom. The number of rotatable bonds is 4. The van der Waals surface area contributed by atoms with E-state index >= 15 is 0 Å². The number of alkyl halides is 3. The summed E-state index contributed by atoms with van der Waals surface area (Å²) in [5.41, 5.74) is 1.42. The van der Waals surface area contributed by atoms with Crippen LogP contribution in [0.4, 0.5) is 18.9 Å². The number of anilines is 1. The molecule has 0 spiro atoms. The molecule has 0 aliphatic heterocycles. The van der Waals surface area contributed by atoms with Crippen molar-refractivity contribution < 1.29 is 18.0 Å². The van der Waals surface area contributed by atoms with Gasteiger partial charge in [0.25, 0.3) is 0 Å². The van der Waals surface area contributed by atoms with Crippen molar-refractivity contribution in [2.24, 2.45) is 7.05 Å². The van der Waals surface area contributed by atoms with Gasteiger partial charge in [-0.3, -0.25) is 14.2 Å². The molecule has 0 bridgehead atoms. The van der Waals surface area contributed by atoms with E-state index in [1.165, 1.54) is 4.68 Å². The van der Waals surface area contributed by atoms with Crippen LogP contribution in [0.2, 0.25) is 0 Å². The van der Waals surface area contributed by atoms with E-state index in [2.05, 4.69) is 31.4 Å². The zero-order valence-corrected chi connectivity index (χ0v) is 16.4. The van der Waals surface area contributed by atoms with Crippen molar-refractivity contribution in [2.75, 3.05) is 5.32 Å². The number of amides is 1. The first-order valence-electron chi connectivity index (χ1n) is 8.18. The van der Waals surface area contributed by atoms with Crippen LogP contribution in [-0.4, -0.2) is 25.5 Å². The van der Waals surface area contributed by atoms with E-state index in [-0.39, 0.29) is 10.4 Å². The largest absolute Gasteiger partial charge is 0.436 e. The number of hydrogen-bond donors (Lipinski definition) is 1. The Morgan fingerprint density at radius 1 is 1.31 bits per heavy atom. The van der Waals surface area contributed by atoms with Crippen molar-refractivity contribution in [3.05, 3.63) is 27.2 Å². The molecule has 0 radical (unpaired) electrons. The monoisotopic (exact) mass is 433 g/mol. The second-order valence-corrected chi connectivity index (χ2v) is 7.39. The van der Waals surface area contributed by atoms with E-state index in [1.54, 1.807) is 25.6 Å². The summed E-state index contributed by atoms with van der Waals surface area (Å²) in [7, 11) is 1.76. The normalized spacial score (nSPS) is 16.0. The predicted molar refractivity (Wildman–Crippen MR) is 92.9 cm³/mol. The Kier molecular flexibility index (Phi) is 4.66. The fraction of sp³-hybridized carbons (Fsp3) is 0.562. The summed E-state index contributed by atoms with van der Waals surface area (Å²) in [6.45, 7) is 5.11. The average Bonchev–Trinajstić information content (AvgIpc) is 3.27. The Labute approximate surface area is 156 Å². The van der Waals surface area contributed by atoms with Crippen LogP contribution in [0.25, 0.3) is 0 Å². The first-order valence-corrected chi connectivity index (χ1v) is 8.97. The maximum absolute atomic E-state index is 13.2. The fourth-order valence-corrected chi connectivity index (χ4v) is 3.73. The molecule has 2 aromatic rings. The number of nitrogens with one attached hydrogen (secondary N) is 1. The van der Waals surface area contributed by atoms with Crippen LogP contribution in [0, 0.1) is 13.8 Å². The lowest BCUT2D eigenvalue weighted by molar-refractivity contribution is -0.142. The molecule has 0 saturated heterocycles. The van der Waals surface area contributed by atoms with Crippen LogP contribution in [0.1, 0.15) is 54.5 Å². The van der Waals surface area contributed by atoms with Gasteiger partial charge in [0.15, 0.2) is 5.69 Å². The molecule has 1 saturated carbocycles. The molecule has 2 heterocycles. The number of carbonyl (C=O) groups excluding carboxylic acids is 1. The topological polar surface area (TPSA) is 64.7 Å². The van der Waals surface area contributed by atoms with Crippen molar-refractivity contribution in [2.45, 2.75) is 51.7 Å². The van der Waals surface area contributed by atoms with Crippen molar-refractivity contribution in [3.8, 4) is 0 Å². The fourth-order valence-electron chi connectivity index (χ4n) is 2.92. The summed E-state index contributed by atoms with van der Waals surface area (Å²) >= 11 is 3.04. The van der Waals surface area contributed by atoms with Gasteiger partial charge in [0.1, 0.15) is 6.04 Å². The van der Waals surface area contributed by atoms with Gasteiger partial charge < -0.3 is 5.32 Å². The summed E-state index contributed by atoms with van der Waals surface area (Å²) in [4.78, 5) is 12.7. The Balaban J connectivity index is 1.94. The summed E-state index contributed by atoms with van der Waals surface area (Å²) in [5, 5.41) is 10.7. The van der Waals surface area contributed by atoms with E-state index in [9.17, 15) is 18.0 Å². The first-order chi connectivity index (χ1) is 12.0. The Morgan fingerprint density at radius 2 is 1.92 bits per heavy atom. The van der Waals surface area contributed by atoms with Crippen molar-refractivity contribution >= 4 is 27.5 Å². The van der Waals surface area contributed by atoms with Crippen LogP contribution in [0.5, 0.6) is 0 Å². The third-order valence-corrected chi connectivity index (χ3v) is 5.41. The number of aryl methyl sites for hydroxylation is 2. The number of halogens is 4. The lowest BCUT2D eigenvalue weighted by Gasteiger charge is -2.16. The molecular formula is C16H19BrF3N5O. The molecule has 26 heavy (non-hydrogen) atoms. The molecule has 3 rings (SSSR count). The van der Waals surface area contributed by atoms with Crippen molar-refractivity contribution in [3.63, 3.8) is 0 Å². The number of hydrogen-bond acceptors (Lipinski definition) is 3.